The van der Waals surface area contributed by atoms with Crippen LogP contribution in [-0.2, 0) is 5.60 Å². The molecule has 3 aliphatic rings. The van der Waals surface area contributed by atoms with Crippen molar-refractivity contribution in [2.45, 2.75) is 51.2 Å². The van der Waals surface area contributed by atoms with E-state index in [9.17, 15) is 10.2 Å². The van der Waals surface area contributed by atoms with E-state index in [4.69, 9.17) is 9.47 Å². The van der Waals surface area contributed by atoms with Gasteiger partial charge in [-0.3, -0.25) is 4.90 Å². The third-order valence-electron chi connectivity index (χ3n) is 6.69. The summed E-state index contributed by atoms with van der Waals surface area (Å²) < 4.78 is 13.2. The summed E-state index contributed by atoms with van der Waals surface area (Å²) in [6.07, 6.45) is 2.19. The molecule has 1 saturated heterocycles. The quantitative estimate of drug-likeness (QED) is 0.824. The van der Waals surface area contributed by atoms with E-state index < -0.39 is 5.60 Å². The van der Waals surface area contributed by atoms with E-state index in [1.807, 2.05) is 38.1 Å². The van der Waals surface area contributed by atoms with Gasteiger partial charge in [0.15, 0.2) is 11.7 Å². The lowest BCUT2D eigenvalue weighted by Gasteiger charge is -2.44. The number of aryl methyl sites for hydroxylation is 2. The molecule has 5 nitrogen and oxygen atoms in total. The summed E-state index contributed by atoms with van der Waals surface area (Å²) >= 11 is 0. The molecule has 2 aromatic rings. The first-order valence-corrected chi connectivity index (χ1v) is 10.1. The average Bonchev–Trinajstić information content (AvgIpc) is 3.25. The van der Waals surface area contributed by atoms with Crippen LogP contribution in [0, 0.1) is 13.8 Å². The van der Waals surface area contributed by atoms with Crippen LogP contribution in [0.4, 0.5) is 0 Å². The molecule has 3 aliphatic heterocycles. The minimum atomic E-state index is -0.666. The SMILES string of the molecule is Cc1cc2c(cc1O)[C@@H](C)[C@H]1Oc3cc(C)c(O)cc3[C@@]1(CN1CCCC1)O2. The molecule has 0 aromatic heterocycles. The van der Waals surface area contributed by atoms with Crippen LogP contribution in [0.25, 0.3) is 0 Å². The molecule has 2 N–H and O–H groups in total. The molecular weight excluding hydrogens is 354 g/mol. The van der Waals surface area contributed by atoms with Gasteiger partial charge < -0.3 is 19.7 Å². The lowest BCUT2D eigenvalue weighted by Crippen LogP contribution is -2.55. The smallest absolute Gasteiger partial charge is 0.187 e. The van der Waals surface area contributed by atoms with Gasteiger partial charge in [0.1, 0.15) is 23.0 Å². The number of rotatable bonds is 2. The highest BCUT2D eigenvalue weighted by Crippen LogP contribution is 2.55. The second-order valence-electron chi connectivity index (χ2n) is 8.61. The highest BCUT2D eigenvalue weighted by atomic mass is 16.6. The molecule has 3 atom stereocenters. The zero-order valence-electron chi connectivity index (χ0n) is 16.7. The van der Waals surface area contributed by atoms with Crippen LogP contribution in [0.3, 0.4) is 0 Å². The maximum Gasteiger partial charge on any atom is 0.187 e. The monoisotopic (exact) mass is 381 g/mol. The first-order valence-electron chi connectivity index (χ1n) is 10.1. The van der Waals surface area contributed by atoms with Crippen molar-refractivity contribution >= 4 is 0 Å². The maximum absolute atomic E-state index is 10.4. The van der Waals surface area contributed by atoms with Gasteiger partial charge in [0.25, 0.3) is 0 Å². The van der Waals surface area contributed by atoms with Gasteiger partial charge in [-0.25, -0.2) is 0 Å². The Kier molecular flexibility index (Phi) is 3.82. The maximum atomic E-state index is 10.4. The summed E-state index contributed by atoms with van der Waals surface area (Å²) in [5.41, 5.74) is 2.83. The van der Waals surface area contributed by atoms with Crippen LogP contribution < -0.4 is 9.47 Å². The largest absolute Gasteiger partial charge is 0.508 e. The summed E-state index contributed by atoms with van der Waals surface area (Å²) in [4.78, 5) is 2.44. The normalized spacial score (nSPS) is 28.2. The molecule has 1 fully saturated rings. The molecule has 0 unspecified atom stereocenters. The van der Waals surface area contributed by atoms with E-state index in [1.165, 1.54) is 12.8 Å². The van der Waals surface area contributed by atoms with Crippen molar-refractivity contribution in [3.8, 4) is 23.0 Å². The first-order chi connectivity index (χ1) is 13.4. The van der Waals surface area contributed by atoms with Gasteiger partial charge >= 0.3 is 0 Å². The molecule has 0 saturated carbocycles. The molecule has 0 radical (unpaired) electrons. The van der Waals surface area contributed by atoms with Crippen LogP contribution in [0.1, 0.15) is 47.9 Å². The molecular formula is C23H27NO4. The van der Waals surface area contributed by atoms with Gasteiger partial charge in [-0.15, -0.1) is 0 Å². The van der Waals surface area contributed by atoms with Gasteiger partial charge in [0.05, 0.1) is 0 Å². The lowest BCUT2D eigenvalue weighted by molar-refractivity contribution is -0.0619. The predicted molar refractivity (Wildman–Crippen MR) is 106 cm³/mol. The van der Waals surface area contributed by atoms with Crippen LogP contribution in [0.15, 0.2) is 24.3 Å². The topological polar surface area (TPSA) is 62.2 Å². The fourth-order valence-electron chi connectivity index (χ4n) is 5.07. The third-order valence-corrected chi connectivity index (χ3v) is 6.69. The molecule has 0 aliphatic carbocycles. The van der Waals surface area contributed by atoms with Crippen molar-refractivity contribution < 1.29 is 19.7 Å². The van der Waals surface area contributed by atoms with E-state index in [0.717, 1.165) is 53.4 Å². The van der Waals surface area contributed by atoms with Crippen molar-refractivity contribution in [1.82, 2.24) is 4.90 Å². The first kappa shape index (κ1) is 17.7. The molecule has 5 rings (SSSR count). The average molecular weight is 381 g/mol. The van der Waals surface area contributed by atoms with Crippen LogP contribution in [0.5, 0.6) is 23.0 Å². The third kappa shape index (κ3) is 2.42. The molecule has 0 bridgehead atoms. The van der Waals surface area contributed by atoms with Crippen LogP contribution in [0.2, 0.25) is 0 Å². The lowest BCUT2D eigenvalue weighted by atomic mass is 9.77. The molecule has 148 valence electrons. The van der Waals surface area contributed by atoms with Crippen molar-refractivity contribution in [3.05, 3.63) is 46.5 Å². The number of phenolic OH excluding ortho intramolecular Hbond substituents is 2. The van der Waals surface area contributed by atoms with Gasteiger partial charge in [0.2, 0.25) is 0 Å². The molecule has 0 spiro atoms. The Morgan fingerprint density at radius 1 is 1.00 bits per heavy atom. The van der Waals surface area contributed by atoms with E-state index >= 15 is 0 Å². The number of aromatic hydroxyl groups is 2. The van der Waals surface area contributed by atoms with E-state index in [2.05, 4.69) is 11.8 Å². The standard InChI is InChI=1S/C23H27NO4/c1-13-8-20-16(10-18(13)25)15(3)22-23(28-20,12-24-6-4-5-7-24)17-11-19(26)14(2)9-21(17)27-22/h8-11,15,22,25-26H,4-7,12H2,1-3H3/t15-,22-,23-/m1/s1. The Labute approximate surface area is 165 Å². The second kappa shape index (κ2) is 6.05. The van der Waals surface area contributed by atoms with Crippen molar-refractivity contribution in [2.75, 3.05) is 19.6 Å². The van der Waals surface area contributed by atoms with E-state index in [0.29, 0.717) is 0 Å². The second-order valence-corrected chi connectivity index (χ2v) is 8.61. The van der Waals surface area contributed by atoms with Gasteiger partial charge in [-0.1, -0.05) is 6.92 Å². The van der Waals surface area contributed by atoms with Crippen molar-refractivity contribution in [2.24, 2.45) is 0 Å². The number of ether oxygens (including phenoxy) is 2. The zero-order valence-corrected chi connectivity index (χ0v) is 16.7. The Balaban J connectivity index is 1.68. The molecule has 5 heteroatoms. The number of phenols is 2. The zero-order chi connectivity index (χ0) is 19.6. The fraction of sp³-hybridized carbons (Fsp3) is 0.478. The highest BCUT2D eigenvalue weighted by molar-refractivity contribution is 5.57. The Morgan fingerprint density at radius 2 is 1.64 bits per heavy atom. The number of nitrogens with zero attached hydrogens (tertiary/aromatic N) is 1. The number of hydrogen-bond acceptors (Lipinski definition) is 5. The van der Waals surface area contributed by atoms with Gasteiger partial charge in [-0.2, -0.15) is 0 Å². The molecule has 3 heterocycles. The summed E-state index contributed by atoms with van der Waals surface area (Å²) in [5.74, 6) is 2.19. The highest BCUT2D eigenvalue weighted by Gasteiger charge is 2.58. The van der Waals surface area contributed by atoms with E-state index in [1.54, 1.807) is 0 Å². The Hall–Kier alpha value is -2.40. The summed E-state index contributed by atoms with van der Waals surface area (Å²) in [5, 5.41) is 20.7. The van der Waals surface area contributed by atoms with Gasteiger partial charge in [-0.05, 0) is 75.2 Å². The number of benzene rings is 2. The Bertz CT molecular complexity index is 950. The fourth-order valence-corrected chi connectivity index (χ4v) is 5.07. The van der Waals surface area contributed by atoms with Crippen LogP contribution >= 0.6 is 0 Å². The molecule has 2 aromatic carbocycles. The minimum Gasteiger partial charge on any atom is -0.508 e. The minimum absolute atomic E-state index is 0.0488. The summed E-state index contributed by atoms with van der Waals surface area (Å²) in [6.45, 7) is 8.75. The molecule has 0 amide bonds. The molecule has 28 heavy (non-hydrogen) atoms. The van der Waals surface area contributed by atoms with Crippen LogP contribution in [-0.4, -0.2) is 40.9 Å². The van der Waals surface area contributed by atoms with Gasteiger partial charge in [0, 0.05) is 23.6 Å². The van der Waals surface area contributed by atoms with Crippen molar-refractivity contribution in [3.63, 3.8) is 0 Å². The van der Waals surface area contributed by atoms with E-state index in [-0.39, 0.29) is 23.5 Å². The summed E-state index contributed by atoms with van der Waals surface area (Å²) in [6, 6.07) is 7.48. The number of likely N-dealkylation sites (tertiary alicyclic amines) is 1. The number of hydrogen-bond donors (Lipinski definition) is 2. The predicted octanol–water partition coefficient (Wildman–Crippen LogP) is 3.96. The van der Waals surface area contributed by atoms with Crippen molar-refractivity contribution in [1.29, 1.82) is 0 Å². The Morgan fingerprint density at radius 3 is 2.36 bits per heavy atom. The number of fused-ring (bicyclic) bond motifs is 4. The summed E-state index contributed by atoms with van der Waals surface area (Å²) in [7, 11) is 0.